The fourth-order valence-corrected chi connectivity index (χ4v) is 8.04. The van der Waals surface area contributed by atoms with E-state index in [1.54, 1.807) is 7.11 Å². The second-order valence-electron chi connectivity index (χ2n) is 10.3. The molecular formula is C23H37ClO4. The van der Waals surface area contributed by atoms with Crippen LogP contribution in [0.2, 0.25) is 0 Å². The minimum Gasteiger partial charge on any atom is -0.381 e. The maximum absolute atomic E-state index is 13.9. The van der Waals surface area contributed by atoms with E-state index in [1.165, 1.54) is 19.3 Å². The van der Waals surface area contributed by atoms with Crippen LogP contribution in [-0.4, -0.2) is 44.9 Å². The van der Waals surface area contributed by atoms with Crippen LogP contribution in [0.4, 0.5) is 0 Å². The predicted molar refractivity (Wildman–Crippen MR) is 109 cm³/mol. The molecule has 0 aromatic rings. The van der Waals surface area contributed by atoms with Gasteiger partial charge in [0.25, 0.3) is 0 Å². The van der Waals surface area contributed by atoms with Gasteiger partial charge in [-0.3, -0.25) is 4.79 Å². The molecule has 0 saturated heterocycles. The van der Waals surface area contributed by atoms with Crippen molar-refractivity contribution in [2.24, 2.45) is 34.0 Å². The molecule has 4 saturated carbocycles. The van der Waals surface area contributed by atoms with Gasteiger partial charge in [-0.15, -0.1) is 11.6 Å². The molecule has 0 radical (unpaired) electrons. The lowest BCUT2D eigenvalue weighted by Gasteiger charge is -2.55. The number of ether oxygens (including phenoxy) is 3. The molecule has 2 unspecified atom stereocenters. The van der Waals surface area contributed by atoms with Crippen molar-refractivity contribution >= 4 is 17.4 Å². The summed E-state index contributed by atoms with van der Waals surface area (Å²) in [4.78, 5) is 13.9. The highest BCUT2D eigenvalue weighted by Gasteiger charge is 2.76. The summed E-state index contributed by atoms with van der Waals surface area (Å²) in [5.41, 5.74) is -0.138. The smallest absolute Gasteiger partial charge is 0.146 e. The van der Waals surface area contributed by atoms with Gasteiger partial charge in [0.2, 0.25) is 0 Å². The monoisotopic (exact) mass is 412 g/mol. The van der Waals surface area contributed by atoms with Crippen LogP contribution < -0.4 is 0 Å². The highest BCUT2D eigenvalue weighted by Crippen LogP contribution is 2.78. The van der Waals surface area contributed by atoms with Gasteiger partial charge in [-0.05, 0) is 68.6 Å². The van der Waals surface area contributed by atoms with Crippen LogP contribution in [0, 0.1) is 34.0 Å². The highest BCUT2D eigenvalue weighted by atomic mass is 35.5. The molecule has 0 aliphatic heterocycles. The van der Waals surface area contributed by atoms with Gasteiger partial charge in [0.15, 0.2) is 0 Å². The van der Waals surface area contributed by atoms with Gasteiger partial charge < -0.3 is 14.2 Å². The van der Waals surface area contributed by atoms with E-state index in [0.717, 1.165) is 32.1 Å². The standard InChI is InChI=1S/C23H37ClO4/c1-15-20(25)21(2,8-5-11-24)13-18(28-14-26-3)23-12-16(23)6-9-22(15)10-7-17(27-4)19(22)23/h15-19H,5-14H2,1-4H3/t15-,16-,17+,18+,19?,21+,22?,23-/m0/s1. The van der Waals surface area contributed by atoms with E-state index in [2.05, 4.69) is 13.8 Å². The summed E-state index contributed by atoms with van der Waals surface area (Å²) in [6, 6.07) is 0. The van der Waals surface area contributed by atoms with Crippen molar-refractivity contribution in [3.05, 3.63) is 0 Å². The lowest BCUT2D eigenvalue weighted by molar-refractivity contribution is -0.182. The lowest BCUT2D eigenvalue weighted by atomic mass is 9.50. The van der Waals surface area contributed by atoms with Crippen molar-refractivity contribution < 1.29 is 19.0 Å². The fraction of sp³-hybridized carbons (Fsp3) is 0.957. The molecule has 8 atom stereocenters. The van der Waals surface area contributed by atoms with E-state index in [-0.39, 0.29) is 34.4 Å². The normalized spacial score (nSPS) is 49.9. The molecule has 4 aliphatic rings. The molecule has 2 bridgehead atoms. The van der Waals surface area contributed by atoms with Crippen LogP contribution >= 0.6 is 11.6 Å². The molecule has 0 aromatic carbocycles. The molecule has 0 aromatic heterocycles. The molecule has 4 aliphatic carbocycles. The first-order valence-electron chi connectivity index (χ1n) is 11.1. The minimum atomic E-state index is -0.368. The second kappa shape index (κ2) is 7.51. The van der Waals surface area contributed by atoms with E-state index in [9.17, 15) is 4.79 Å². The van der Waals surface area contributed by atoms with Crippen LogP contribution in [0.25, 0.3) is 0 Å². The van der Waals surface area contributed by atoms with Crippen molar-refractivity contribution in [3.8, 4) is 0 Å². The number of halogens is 1. The van der Waals surface area contributed by atoms with Crippen LogP contribution in [0.15, 0.2) is 0 Å². The summed E-state index contributed by atoms with van der Waals surface area (Å²) in [6.45, 7) is 4.69. The molecule has 4 fully saturated rings. The second-order valence-corrected chi connectivity index (χ2v) is 10.7. The summed E-state index contributed by atoms with van der Waals surface area (Å²) in [5.74, 6) is 2.26. The summed E-state index contributed by atoms with van der Waals surface area (Å²) < 4.78 is 17.7. The van der Waals surface area contributed by atoms with E-state index >= 15 is 0 Å². The van der Waals surface area contributed by atoms with Crippen molar-refractivity contribution in [3.63, 3.8) is 0 Å². The number of alkyl halides is 1. The lowest BCUT2D eigenvalue weighted by Crippen LogP contribution is -2.57. The Hall–Kier alpha value is -0.160. The van der Waals surface area contributed by atoms with E-state index in [4.69, 9.17) is 25.8 Å². The zero-order chi connectivity index (χ0) is 20.2. The summed E-state index contributed by atoms with van der Waals surface area (Å²) >= 11 is 6.04. The Morgan fingerprint density at radius 1 is 1.18 bits per heavy atom. The third kappa shape index (κ3) is 2.85. The summed E-state index contributed by atoms with van der Waals surface area (Å²) in [7, 11) is 3.54. The van der Waals surface area contributed by atoms with Gasteiger partial charge in [0, 0.05) is 36.8 Å². The van der Waals surface area contributed by atoms with Crippen LogP contribution in [0.5, 0.6) is 0 Å². The number of hydrogen-bond donors (Lipinski definition) is 0. The number of rotatable bonds is 7. The molecule has 4 rings (SSSR count). The average molecular weight is 413 g/mol. The van der Waals surface area contributed by atoms with Crippen molar-refractivity contribution in [1.82, 2.24) is 0 Å². The number of carbonyl (C=O) groups is 1. The molecule has 28 heavy (non-hydrogen) atoms. The predicted octanol–water partition coefficient (Wildman–Crippen LogP) is 4.82. The van der Waals surface area contributed by atoms with Crippen LogP contribution in [-0.2, 0) is 19.0 Å². The summed E-state index contributed by atoms with van der Waals surface area (Å²) in [6.07, 6.45) is 8.63. The molecule has 4 nitrogen and oxygen atoms in total. The maximum Gasteiger partial charge on any atom is 0.146 e. The Bertz CT molecular complexity index is 611. The first kappa shape index (κ1) is 21.1. The van der Waals surface area contributed by atoms with E-state index in [1.807, 2.05) is 7.11 Å². The zero-order valence-corrected chi connectivity index (χ0v) is 18.7. The molecule has 0 amide bonds. The Labute approximate surface area is 175 Å². The van der Waals surface area contributed by atoms with E-state index in [0.29, 0.717) is 30.3 Å². The quantitative estimate of drug-likeness (QED) is 0.444. The Morgan fingerprint density at radius 3 is 2.61 bits per heavy atom. The topological polar surface area (TPSA) is 44.8 Å². The first-order chi connectivity index (χ1) is 13.4. The molecule has 0 N–H and O–H groups in total. The van der Waals surface area contributed by atoms with Gasteiger partial charge in [-0.1, -0.05) is 13.8 Å². The van der Waals surface area contributed by atoms with E-state index < -0.39 is 0 Å². The van der Waals surface area contributed by atoms with Crippen molar-refractivity contribution in [1.29, 1.82) is 0 Å². The zero-order valence-electron chi connectivity index (χ0n) is 18.0. The fourth-order valence-electron chi connectivity index (χ4n) is 7.91. The van der Waals surface area contributed by atoms with Crippen molar-refractivity contribution in [2.75, 3.05) is 26.9 Å². The highest BCUT2D eigenvalue weighted by molar-refractivity contribution is 6.17. The van der Waals surface area contributed by atoms with Gasteiger partial charge >= 0.3 is 0 Å². The van der Waals surface area contributed by atoms with Gasteiger partial charge in [-0.25, -0.2) is 0 Å². The SMILES string of the molecule is COCO[C@@H]1C[C@@](C)(CCCCl)C(=O)[C@H](C)C23CC[C@H]4C[C@]41C2[C@H](OC)CC3. The first-order valence-corrected chi connectivity index (χ1v) is 11.7. The van der Waals surface area contributed by atoms with Crippen LogP contribution in [0.1, 0.15) is 65.2 Å². The number of methoxy groups -OCH3 is 2. The minimum absolute atomic E-state index is 0.0645. The van der Waals surface area contributed by atoms with Gasteiger partial charge in [0.1, 0.15) is 12.6 Å². The molecular weight excluding hydrogens is 376 g/mol. The largest absolute Gasteiger partial charge is 0.381 e. The maximum atomic E-state index is 13.9. The number of hydrogen-bond acceptors (Lipinski definition) is 4. The Morgan fingerprint density at radius 2 is 1.93 bits per heavy atom. The number of ketones is 1. The van der Waals surface area contributed by atoms with Gasteiger partial charge in [0.05, 0.1) is 12.2 Å². The number of Topliss-reactive ketones (excluding diaryl/α,β-unsaturated/α-hetero) is 1. The third-order valence-corrected chi connectivity index (χ3v) is 9.53. The van der Waals surface area contributed by atoms with Gasteiger partial charge in [-0.2, -0.15) is 0 Å². The molecule has 1 spiro atoms. The molecule has 0 heterocycles. The third-order valence-electron chi connectivity index (χ3n) is 9.26. The Kier molecular flexibility index (Phi) is 5.66. The molecule has 5 heteroatoms. The summed E-state index contributed by atoms with van der Waals surface area (Å²) in [5, 5.41) is 0. The number of carbonyl (C=O) groups excluding carboxylic acids is 1. The molecule has 160 valence electrons. The van der Waals surface area contributed by atoms with Crippen LogP contribution in [0.3, 0.4) is 0 Å². The average Bonchev–Trinajstić information content (AvgIpc) is 3.33. The Balaban J connectivity index is 1.79. The van der Waals surface area contributed by atoms with Crippen molar-refractivity contribution in [2.45, 2.75) is 77.4 Å².